The standard InChI is InChI=1S/C18H16Cl2N4OS/c1-21-16(25)11-26-18-23-22-17(14-8-7-13(19)9-15(14)20)24(18)10-12-5-3-2-4-6-12/h2-9H,10-11H2,1H3,(H,21,25). The maximum atomic E-state index is 11.6. The predicted molar refractivity (Wildman–Crippen MR) is 106 cm³/mol. The first-order chi connectivity index (χ1) is 12.6. The molecule has 0 fully saturated rings. The van der Waals surface area contributed by atoms with E-state index in [9.17, 15) is 4.79 Å². The zero-order valence-corrected chi connectivity index (χ0v) is 16.3. The molecule has 0 aliphatic heterocycles. The zero-order chi connectivity index (χ0) is 18.5. The summed E-state index contributed by atoms with van der Waals surface area (Å²) in [5.74, 6) is 0.822. The zero-order valence-electron chi connectivity index (χ0n) is 13.9. The highest BCUT2D eigenvalue weighted by molar-refractivity contribution is 7.99. The lowest BCUT2D eigenvalue weighted by molar-refractivity contribution is -0.118. The second kappa shape index (κ2) is 8.58. The van der Waals surface area contributed by atoms with E-state index in [0.717, 1.165) is 11.1 Å². The molecule has 8 heteroatoms. The normalized spacial score (nSPS) is 10.7. The third-order valence-corrected chi connectivity index (χ3v) is 5.20. The summed E-state index contributed by atoms with van der Waals surface area (Å²) >= 11 is 13.7. The van der Waals surface area contributed by atoms with E-state index in [1.165, 1.54) is 11.8 Å². The van der Waals surface area contributed by atoms with Crippen LogP contribution in [0, 0.1) is 0 Å². The van der Waals surface area contributed by atoms with Crippen molar-refractivity contribution in [3.63, 3.8) is 0 Å². The van der Waals surface area contributed by atoms with Crippen molar-refractivity contribution in [3.05, 3.63) is 64.1 Å². The second-order valence-electron chi connectivity index (χ2n) is 5.46. The van der Waals surface area contributed by atoms with Crippen molar-refractivity contribution in [2.24, 2.45) is 0 Å². The highest BCUT2D eigenvalue weighted by atomic mass is 35.5. The highest BCUT2D eigenvalue weighted by Gasteiger charge is 2.18. The number of hydrogen-bond acceptors (Lipinski definition) is 4. The Morgan fingerprint density at radius 2 is 1.92 bits per heavy atom. The van der Waals surface area contributed by atoms with Crippen LogP contribution >= 0.6 is 35.0 Å². The maximum absolute atomic E-state index is 11.6. The predicted octanol–water partition coefficient (Wildman–Crippen LogP) is 4.14. The van der Waals surface area contributed by atoms with E-state index in [4.69, 9.17) is 23.2 Å². The van der Waals surface area contributed by atoms with E-state index < -0.39 is 0 Å². The molecule has 5 nitrogen and oxygen atoms in total. The van der Waals surface area contributed by atoms with Crippen LogP contribution < -0.4 is 5.32 Å². The van der Waals surface area contributed by atoms with Crippen LogP contribution in [0.1, 0.15) is 5.56 Å². The molecule has 0 spiro atoms. The van der Waals surface area contributed by atoms with E-state index in [0.29, 0.717) is 27.6 Å². The summed E-state index contributed by atoms with van der Waals surface area (Å²) in [5, 5.41) is 12.9. The maximum Gasteiger partial charge on any atom is 0.230 e. The molecule has 1 N–H and O–H groups in total. The van der Waals surface area contributed by atoms with Crippen molar-refractivity contribution in [3.8, 4) is 11.4 Å². The number of halogens is 2. The van der Waals surface area contributed by atoms with Gasteiger partial charge >= 0.3 is 0 Å². The average molecular weight is 407 g/mol. The SMILES string of the molecule is CNC(=O)CSc1nnc(-c2ccc(Cl)cc2Cl)n1Cc1ccccc1. The lowest BCUT2D eigenvalue weighted by Gasteiger charge is -2.11. The minimum absolute atomic E-state index is 0.0738. The van der Waals surface area contributed by atoms with Crippen molar-refractivity contribution in [2.45, 2.75) is 11.7 Å². The lowest BCUT2D eigenvalue weighted by atomic mass is 10.2. The summed E-state index contributed by atoms with van der Waals surface area (Å²) in [6, 6.07) is 15.2. The molecule has 0 radical (unpaired) electrons. The summed E-state index contributed by atoms with van der Waals surface area (Å²) in [6.45, 7) is 0.568. The Morgan fingerprint density at radius 3 is 2.62 bits per heavy atom. The van der Waals surface area contributed by atoms with Gasteiger partial charge in [-0.2, -0.15) is 0 Å². The van der Waals surface area contributed by atoms with Crippen LogP contribution in [0.2, 0.25) is 10.0 Å². The topological polar surface area (TPSA) is 59.8 Å². The fourth-order valence-corrected chi connectivity index (χ4v) is 3.68. The smallest absolute Gasteiger partial charge is 0.230 e. The van der Waals surface area contributed by atoms with Crippen molar-refractivity contribution < 1.29 is 4.79 Å². The van der Waals surface area contributed by atoms with Gasteiger partial charge in [0.25, 0.3) is 0 Å². The molecule has 1 amide bonds. The van der Waals surface area contributed by atoms with E-state index in [1.807, 2.05) is 41.0 Å². The van der Waals surface area contributed by atoms with Crippen molar-refractivity contribution in [1.29, 1.82) is 0 Å². The summed E-state index contributed by atoms with van der Waals surface area (Å²) in [4.78, 5) is 11.6. The quantitative estimate of drug-likeness (QED) is 0.624. The van der Waals surface area contributed by atoms with Gasteiger partial charge < -0.3 is 5.32 Å². The molecule has 1 aromatic heterocycles. The number of carbonyl (C=O) groups excluding carboxylic acids is 1. The van der Waals surface area contributed by atoms with E-state index >= 15 is 0 Å². The number of amides is 1. The molecule has 0 bridgehead atoms. The molecule has 134 valence electrons. The summed E-state index contributed by atoms with van der Waals surface area (Å²) in [6.07, 6.45) is 0. The minimum Gasteiger partial charge on any atom is -0.358 e. The van der Waals surface area contributed by atoms with Gasteiger partial charge in [-0.05, 0) is 23.8 Å². The van der Waals surface area contributed by atoms with Crippen LogP contribution in [-0.4, -0.2) is 33.5 Å². The van der Waals surface area contributed by atoms with E-state index in [1.54, 1.807) is 19.2 Å². The van der Waals surface area contributed by atoms with Crippen LogP contribution in [0.15, 0.2) is 53.7 Å². The summed E-state index contributed by atoms with van der Waals surface area (Å²) < 4.78 is 1.96. The van der Waals surface area contributed by atoms with Crippen LogP contribution in [0.25, 0.3) is 11.4 Å². The molecule has 0 unspecified atom stereocenters. The van der Waals surface area contributed by atoms with Gasteiger partial charge in [0.15, 0.2) is 11.0 Å². The third-order valence-electron chi connectivity index (χ3n) is 3.68. The lowest BCUT2D eigenvalue weighted by Crippen LogP contribution is -2.20. The minimum atomic E-state index is -0.0738. The fraction of sp³-hybridized carbons (Fsp3) is 0.167. The van der Waals surface area contributed by atoms with Gasteiger partial charge in [-0.3, -0.25) is 9.36 Å². The number of aromatic nitrogens is 3. The first kappa shape index (κ1) is 18.8. The van der Waals surface area contributed by atoms with E-state index in [-0.39, 0.29) is 11.7 Å². The van der Waals surface area contributed by atoms with Crippen LogP contribution in [0.5, 0.6) is 0 Å². The molecule has 0 saturated carbocycles. The molecule has 0 atom stereocenters. The Balaban J connectivity index is 2.00. The Kier molecular flexibility index (Phi) is 6.19. The Morgan fingerprint density at radius 1 is 1.15 bits per heavy atom. The molecular formula is C18H16Cl2N4OS. The first-order valence-electron chi connectivity index (χ1n) is 7.84. The number of hydrogen-bond donors (Lipinski definition) is 1. The van der Waals surface area contributed by atoms with E-state index in [2.05, 4.69) is 15.5 Å². The van der Waals surface area contributed by atoms with Crippen LogP contribution in [-0.2, 0) is 11.3 Å². The molecule has 26 heavy (non-hydrogen) atoms. The molecule has 3 aromatic rings. The number of benzene rings is 2. The van der Waals surface area contributed by atoms with Gasteiger partial charge in [0.1, 0.15) is 0 Å². The van der Waals surface area contributed by atoms with Gasteiger partial charge in [0.05, 0.1) is 17.3 Å². The molecule has 0 saturated heterocycles. The van der Waals surface area contributed by atoms with Crippen LogP contribution in [0.4, 0.5) is 0 Å². The fourth-order valence-electron chi connectivity index (χ4n) is 2.38. The van der Waals surface area contributed by atoms with Crippen molar-refractivity contribution in [1.82, 2.24) is 20.1 Å². The van der Waals surface area contributed by atoms with Gasteiger partial charge in [0.2, 0.25) is 5.91 Å². The number of thioether (sulfide) groups is 1. The largest absolute Gasteiger partial charge is 0.358 e. The highest BCUT2D eigenvalue weighted by Crippen LogP contribution is 2.31. The van der Waals surface area contributed by atoms with Crippen molar-refractivity contribution in [2.75, 3.05) is 12.8 Å². The van der Waals surface area contributed by atoms with Gasteiger partial charge in [0, 0.05) is 17.6 Å². The van der Waals surface area contributed by atoms with Crippen LogP contribution in [0.3, 0.4) is 0 Å². The molecular weight excluding hydrogens is 391 g/mol. The summed E-state index contributed by atoms with van der Waals surface area (Å²) in [5.41, 5.74) is 1.84. The molecule has 0 aliphatic carbocycles. The van der Waals surface area contributed by atoms with Gasteiger partial charge in [-0.15, -0.1) is 10.2 Å². The molecule has 2 aromatic carbocycles. The Bertz CT molecular complexity index is 915. The average Bonchev–Trinajstić information content (AvgIpc) is 3.03. The third kappa shape index (κ3) is 4.38. The Hall–Kier alpha value is -2.02. The van der Waals surface area contributed by atoms with Gasteiger partial charge in [-0.1, -0.05) is 65.3 Å². The molecule has 0 aliphatic rings. The molecule has 3 rings (SSSR count). The first-order valence-corrected chi connectivity index (χ1v) is 9.58. The van der Waals surface area contributed by atoms with Gasteiger partial charge in [-0.25, -0.2) is 0 Å². The number of nitrogens with zero attached hydrogens (tertiary/aromatic N) is 3. The number of rotatable bonds is 6. The number of nitrogens with one attached hydrogen (secondary N) is 1. The molecule has 1 heterocycles. The van der Waals surface area contributed by atoms with Crippen molar-refractivity contribution >= 4 is 40.9 Å². The monoisotopic (exact) mass is 406 g/mol. The second-order valence-corrected chi connectivity index (χ2v) is 7.25. The Labute approximate surface area is 165 Å². The summed E-state index contributed by atoms with van der Waals surface area (Å²) in [7, 11) is 1.61. The number of carbonyl (C=O) groups is 1.